The van der Waals surface area contributed by atoms with Gasteiger partial charge >= 0.3 is 0 Å². The minimum atomic E-state index is -0.390. The second-order valence-electron chi connectivity index (χ2n) is 5.80. The number of rotatable bonds is 9. The van der Waals surface area contributed by atoms with E-state index in [1.165, 1.54) is 19.3 Å². The summed E-state index contributed by atoms with van der Waals surface area (Å²) < 4.78 is 5.60. The monoisotopic (exact) mass is 277 g/mol. The number of hydrogen-bond donors (Lipinski definition) is 1. The molecule has 2 rings (SSSR count). The highest BCUT2D eigenvalue weighted by Crippen LogP contribution is 2.27. The van der Waals surface area contributed by atoms with Crippen molar-refractivity contribution in [1.82, 2.24) is 4.90 Å². The van der Waals surface area contributed by atoms with Crippen molar-refractivity contribution in [3.05, 3.63) is 35.9 Å². The number of nitrogens with zero attached hydrogens (tertiary/aromatic N) is 1. The van der Waals surface area contributed by atoms with Crippen molar-refractivity contribution >= 4 is 0 Å². The Morgan fingerprint density at radius 3 is 2.65 bits per heavy atom. The molecule has 20 heavy (non-hydrogen) atoms. The van der Waals surface area contributed by atoms with Gasteiger partial charge in [0, 0.05) is 13.1 Å². The van der Waals surface area contributed by atoms with E-state index >= 15 is 0 Å². The summed E-state index contributed by atoms with van der Waals surface area (Å²) >= 11 is 0. The van der Waals surface area contributed by atoms with Crippen LogP contribution in [0.2, 0.25) is 0 Å². The molecule has 0 radical (unpaired) electrons. The average Bonchev–Trinajstić information content (AvgIpc) is 2.42. The molecule has 1 unspecified atom stereocenters. The summed E-state index contributed by atoms with van der Waals surface area (Å²) in [6.45, 7) is 6.01. The summed E-state index contributed by atoms with van der Waals surface area (Å²) in [6.07, 6.45) is 3.71. The molecule has 3 nitrogen and oxygen atoms in total. The van der Waals surface area contributed by atoms with Crippen LogP contribution in [0, 0.1) is 5.92 Å². The summed E-state index contributed by atoms with van der Waals surface area (Å²) in [7, 11) is 0. The van der Waals surface area contributed by atoms with Crippen LogP contribution in [0.5, 0.6) is 0 Å². The molecule has 1 aromatic rings. The van der Waals surface area contributed by atoms with Crippen molar-refractivity contribution in [3.63, 3.8) is 0 Å². The minimum absolute atomic E-state index is 0.390. The standard InChI is InChI=1S/C17H27NO2/c1-2-18(11-15-9-6-10-15)12-17(19)14-20-13-16-7-4-3-5-8-16/h3-5,7-8,15,17,19H,2,6,9-14H2,1H3. The molecule has 0 aromatic heterocycles. The number of hydrogen-bond acceptors (Lipinski definition) is 3. The first-order valence-electron chi connectivity index (χ1n) is 7.80. The number of benzene rings is 1. The second kappa shape index (κ2) is 8.40. The lowest BCUT2D eigenvalue weighted by Crippen LogP contribution is -2.39. The Hall–Kier alpha value is -0.900. The fraction of sp³-hybridized carbons (Fsp3) is 0.647. The smallest absolute Gasteiger partial charge is 0.0900 e. The SMILES string of the molecule is CCN(CC(O)COCc1ccccc1)CC1CCC1. The molecule has 3 heteroatoms. The topological polar surface area (TPSA) is 32.7 Å². The molecule has 0 aliphatic heterocycles. The van der Waals surface area contributed by atoms with E-state index in [9.17, 15) is 5.11 Å². The first-order chi connectivity index (χ1) is 9.78. The molecular weight excluding hydrogens is 250 g/mol. The third-order valence-electron chi connectivity index (χ3n) is 4.08. The molecule has 1 fully saturated rings. The molecule has 1 N–H and O–H groups in total. The zero-order chi connectivity index (χ0) is 14.2. The summed E-state index contributed by atoms with van der Waals surface area (Å²) in [5.74, 6) is 0.854. The van der Waals surface area contributed by atoms with Crippen molar-refractivity contribution < 1.29 is 9.84 Å². The molecule has 1 aliphatic rings. The van der Waals surface area contributed by atoms with Gasteiger partial charge in [-0.15, -0.1) is 0 Å². The van der Waals surface area contributed by atoms with Crippen molar-refractivity contribution in [3.8, 4) is 0 Å². The van der Waals surface area contributed by atoms with E-state index in [0.717, 1.165) is 31.1 Å². The molecule has 0 amide bonds. The zero-order valence-corrected chi connectivity index (χ0v) is 12.5. The van der Waals surface area contributed by atoms with Gasteiger partial charge in [-0.1, -0.05) is 43.7 Å². The highest BCUT2D eigenvalue weighted by Gasteiger charge is 2.21. The maximum atomic E-state index is 10.1. The molecule has 0 heterocycles. The molecule has 0 saturated heterocycles. The van der Waals surface area contributed by atoms with Crippen LogP contribution in [0.4, 0.5) is 0 Å². The van der Waals surface area contributed by atoms with Crippen molar-refractivity contribution in [2.24, 2.45) is 5.92 Å². The normalized spacial score (nSPS) is 17.1. The molecule has 1 aliphatic carbocycles. The van der Waals surface area contributed by atoms with Gasteiger partial charge in [0.25, 0.3) is 0 Å². The number of aliphatic hydroxyl groups is 1. The van der Waals surface area contributed by atoms with Crippen LogP contribution in [0.1, 0.15) is 31.7 Å². The molecule has 0 spiro atoms. The molecule has 112 valence electrons. The molecular formula is C17H27NO2. The van der Waals surface area contributed by atoms with Crippen molar-refractivity contribution in [2.75, 3.05) is 26.2 Å². The van der Waals surface area contributed by atoms with E-state index in [1.807, 2.05) is 30.3 Å². The Labute approximate surface area is 122 Å². The van der Waals surface area contributed by atoms with E-state index in [1.54, 1.807) is 0 Å². The van der Waals surface area contributed by atoms with Gasteiger partial charge in [0.1, 0.15) is 0 Å². The van der Waals surface area contributed by atoms with Gasteiger partial charge in [-0.3, -0.25) is 0 Å². The maximum Gasteiger partial charge on any atom is 0.0900 e. The van der Waals surface area contributed by atoms with Crippen molar-refractivity contribution in [1.29, 1.82) is 0 Å². The lowest BCUT2D eigenvalue weighted by atomic mass is 9.85. The predicted molar refractivity (Wildman–Crippen MR) is 81.6 cm³/mol. The van der Waals surface area contributed by atoms with Gasteiger partial charge in [0.2, 0.25) is 0 Å². The van der Waals surface area contributed by atoms with Crippen LogP contribution in [0.25, 0.3) is 0 Å². The molecule has 1 saturated carbocycles. The lowest BCUT2D eigenvalue weighted by molar-refractivity contribution is 0.00629. The Balaban J connectivity index is 1.62. The Morgan fingerprint density at radius 2 is 2.05 bits per heavy atom. The van der Waals surface area contributed by atoms with E-state index in [2.05, 4.69) is 11.8 Å². The van der Waals surface area contributed by atoms with Gasteiger partial charge in [-0.25, -0.2) is 0 Å². The fourth-order valence-corrected chi connectivity index (χ4v) is 2.61. The van der Waals surface area contributed by atoms with E-state index in [-0.39, 0.29) is 0 Å². The van der Waals surface area contributed by atoms with E-state index < -0.39 is 6.10 Å². The van der Waals surface area contributed by atoms with Gasteiger partial charge in [0.05, 0.1) is 19.3 Å². The fourth-order valence-electron chi connectivity index (χ4n) is 2.61. The van der Waals surface area contributed by atoms with Crippen molar-refractivity contribution in [2.45, 2.75) is 38.9 Å². The Bertz CT molecular complexity index is 365. The number of ether oxygens (including phenoxy) is 1. The van der Waals surface area contributed by atoms with Crippen LogP contribution in [-0.2, 0) is 11.3 Å². The number of likely N-dealkylation sites (N-methyl/N-ethyl adjacent to an activating group) is 1. The third-order valence-corrected chi connectivity index (χ3v) is 4.08. The van der Waals surface area contributed by atoms with Crippen LogP contribution in [-0.4, -0.2) is 42.4 Å². The van der Waals surface area contributed by atoms with E-state index in [0.29, 0.717) is 13.2 Å². The van der Waals surface area contributed by atoms with Crippen LogP contribution in [0.15, 0.2) is 30.3 Å². The molecule has 1 atom stereocenters. The molecule has 1 aromatic carbocycles. The first-order valence-corrected chi connectivity index (χ1v) is 7.80. The summed E-state index contributed by atoms with van der Waals surface area (Å²) in [5, 5.41) is 10.1. The maximum absolute atomic E-state index is 10.1. The summed E-state index contributed by atoms with van der Waals surface area (Å²) in [4.78, 5) is 2.35. The average molecular weight is 277 g/mol. The molecule has 0 bridgehead atoms. The van der Waals surface area contributed by atoms with Crippen LogP contribution in [0.3, 0.4) is 0 Å². The van der Waals surface area contributed by atoms with Gasteiger partial charge in [-0.05, 0) is 30.9 Å². The largest absolute Gasteiger partial charge is 0.389 e. The highest BCUT2D eigenvalue weighted by atomic mass is 16.5. The quantitative estimate of drug-likeness (QED) is 0.753. The third kappa shape index (κ3) is 5.23. The zero-order valence-electron chi connectivity index (χ0n) is 12.5. The van der Waals surface area contributed by atoms with Crippen LogP contribution >= 0.6 is 0 Å². The Kier molecular flexibility index (Phi) is 6.51. The summed E-state index contributed by atoms with van der Waals surface area (Å²) in [5.41, 5.74) is 1.15. The minimum Gasteiger partial charge on any atom is -0.389 e. The van der Waals surface area contributed by atoms with E-state index in [4.69, 9.17) is 4.74 Å². The van der Waals surface area contributed by atoms with Gasteiger partial charge < -0.3 is 14.7 Å². The predicted octanol–water partition coefficient (Wildman–Crippen LogP) is 2.69. The first kappa shape index (κ1) is 15.5. The van der Waals surface area contributed by atoms with Gasteiger partial charge in [0.15, 0.2) is 0 Å². The Morgan fingerprint density at radius 1 is 1.30 bits per heavy atom. The van der Waals surface area contributed by atoms with Crippen LogP contribution < -0.4 is 0 Å². The highest BCUT2D eigenvalue weighted by molar-refractivity contribution is 5.13. The summed E-state index contributed by atoms with van der Waals surface area (Å²) in [6, 6.07) is 10.1. The van der Waals surface area contributed by atoms with Gasteiger partial charge in [-0.2, -0.15) is 0 Å². The number of aliphatic hydroxyl groups excluding tert-OH is 1. The lowest BCUT2D eigenvalue weighted by Gasteiger charge is -2.32. The second-order valence-corrected chi connectivity index (χ2v) is 5.80.